The van der Waals surface area contributed by atoms with Crippen LogP contribution in [0.3, 0.4) is 0 Å². The van der Waals surface area contributed by atoms with E-state index < -0.39 is 0 Å². The van der Waals surface area contributed by atoms with Crippen molar-refractivity contribution in [1.29, 1.82) is 0 Å². The predicted octanol–water partition coefficient (Wildman–Crippen LogP) is 4.37. The Morgan fingerprint density at radius 1 is 0.815 bits per heavy atom. The Morgan fingerprint density at radius 2 is 1.44 bits per heavy atom. The number of amides is 1. The number of rotatable bonds is 5. The fourth-order valence-corrected chi connectivity index (χ4v) is 3.72. The number of nitrogens with one attached hydrogen (secondary N) is 1. The van der Waals surface area contributed by atoms with Gasteiger partial charge >= 0.3 is 0 Å². The molecule has 0 fully saturated rings. The second-order valence-corrected chi connectivity index (χ2v) is 6.88. The molecule has 2 aromatic carbocycles. The van der Waals surface area contributed by atoms with E-state index in [-0.39, 0.29) is 11.8 Å². The Kier molecular flexibility index (Phi) is 4.98. The third kappa shape index (κ3) is 3.91. The highest BCUT2D eigenvalue weighted by atomic mass is 32.1. The van der Waals surface area contributed by atoms with Gasteiger partial charge in [-0.2, -0.15) is 0 Å². The number of hydrogen-bond donors (Lipinski definition) is 1. The Labute approximate surface area is 160 Å². The molecule has 0 aliphatic rings. The number of hydrogen-bond acceptors (Lipinski definition) is 5. The van der Waals surface area contributed by atoms with E-state index >= 15 is 0 Å². The summed E-state index contributed by atoms with van der Waals surface area (Å²) in [6.45, 7) is 0. The lowest BCUT2D eigenvalue weighted by atomic mass is 9.92. The smallest absolute Gasteiger partial charge is 0.276 e. The normalized spacial score (nSPS) is 10.7. The molecule has 0 radical (unpaired) electrons. The van der Waals surface area contributed by atoms with Gasteiger partial charge in [0.25, 0.3) is 5.91 Å². The van der Waals surface area contributed by atoms with Gasteiger partial charge in [-0.25, -0.2) is 0 Å². The summed E-state index contributed by atoms with van der Waals surface area (Å²) in [4.78, 5) is 16.4. The van der Waals surface area contributed by atoms with E-state index in [1.807, 2.05) is 36.4 Å². The molecule has 4 rings (SSSR count). The van der Waals surface area contributed by atoms with Crippen molar-refractivity contribution in [2.75, 3.05) is 5.32 Å². The van der Waals surface area contributed by atoms with Crippen molar-refractivity contribution in [3.63, 3.8) is 0 Å². The lowest BCUT2D eigenvalue weighted by molar-refractivity contribution is 0.102. The van der Waals surface area contributed by atoms with E-state index in [4.69, 9.17) is 0 Å². The van der Waals surface area contributed by atoms with Crippen molar-refractivity contribution in [1.82, 2.24) is 15.2 Å². The fraction of sp³-hybridized carbons (Fsp3) is 0.0476. The van der Waals surface area contributed by atoms with E-state index in [0.29, 0.717) is 10.8 Å². The Balaban J connectivity index is 1.64. The summed E-state index contributed by atoms with van der Waals surface area (Å²) < 4.78 is 0. The zero-order valence-electron chi connectivity index (χ0n) is 14.3. The van der Waals surface area contributed by atoms with Gasteiger partial charge in [0.2, 0.25) is 5.13 Å². The van der Waals surface area contributed by atoms with Gasteiger partial charge in [0.15, 0.2) is 0 Å². The minimum Gasteiger partial charge on any atom is -0.295 e. The van der Waals surface area contributed by atoms with Crippen molar-refractivity contribution < 1.29 is 4.79 Å². The molecular weight excluding hydrogens is 356 g/mol. The maximum Gasteiger partial charge on any atom is 0.276 e. The number of carbonyl (C=O) groups is 1. The number of pyridine rings is 1. The molecule has 6 heteroatoms. The molecule has 2 aromatic heterocycles. The molecule has 4 aromatic rings. The van der Waals surface area contributed by atoms with Gasteiger partial charge < -0.3 is 0 Å². The molecule has 0 aliphatic carbocycles. The number of aromatic nitrogens is 3. The van der Waals surface area contributed by atoms with Crippen molar-refractivity contribution in [2.24, 2.45) is 0 Å². The van der Waals surface area contributed by atoms with E-state index in [9.17, 15) is 4.79 Å². The van der Waals surface area contributed by atoms with Gasteiger partial charge in [0, 0.05) is 6.20 Å². The minimum absolute atomic E-state index is 0.0367. The fourth-order valence-electron chi connectivity index (χ4n) is 2.83. The van der Waals surface area contributed by atoms with Crippen molar-refractivity contribution in [3.8, 4) is 0 Å². The Morgan fingerprint density at radius 3 is 2.04 bits per heavy atom. The van der Waals surface area contributed by atoms with Crippen LogP contribution in [0.15, 0.2) is 85.1 Å². The first kappa shape index (κ1) is 17.1. The molecule has 1 N–H and O–H groups in total. The zero-order chi connectivity index (χ0) is 18.5. The van der Waals surface area contributed by atoms with Crippen LogP contribution in [0.4, 0.5) is 5.13 Å². The lowest BCUT2D eigenvalue weighted by Crippen LogP contribution is -2.13. The molecule has 27 heavy (non-hydrogen) atoms. The van der Waals surface area contributed by atoms with Gasteiger partial charge in [0.05, 0.1) is 5.92 Å². The summed E-state index contributed by atoms with van der Waals surface area (Å²) in [5.41, 5.74) is 2.60. The van der Waals surface area contributed by atoms with Crippen LogP contribution in [0.25, 0.3) is 0 Å². The van der Waals surface area contributed by atoms with E-state index in [0.717, 1.165) is 16.1 Å². The summed E-state index contributed by atoms with van der Waals surface area (Å²) >= 11 is 1.37. The molecule has 2 heterocycles. The molecule has 0 aliphatic heterocycles. The van der Waals surface area contributed by atoms with Crippen LogP contribution >= 0.6 is 11.3 Å². The second kappa shape index (κ2) is 7.88. The largest absolute Gasteiger partial charge is 0.295 e. The Bertz CT molecular complexity index is 980. The van der Waals surface area contributed by atoms with Crippen molar-refractivity contribution >= 4 is 22.4 Å². The molecule has 0 bridgehead atoms. The van der Waals surface area contributed by atoms with Gasteiger partial charge in [-0.1, -0.05) is 78.1 Å². The number of nitrogens with zero attached hydrogens (tertiary/aromatic N) is 3. The molecule has 0 unspecified atom stereocenters. The van der Waals surface area contributed by atoms with Gasteiger partial charge in [-0.05, 0) is 23.3 Å². The number of anilines is 1. The Hall–Kier alpha value is -3.38. The summed E-state index contributed by atoms with van der Waals surface area (Å²) in [6, 6.07) is 25.5. The summed E-state index contributed by atoms with van der Waals surface area (Å²) in [5, 5.41) is 12.6. The molecule has 1 amide bonds. The standard InChI is InChI=1S/C21H16N4OS/c26-19(17-13-7-8-14-22-17)23-21-25-24-20(27-21)18(15-9-3-1-4-10-15)16-11-5-2-6-12-16/h1-14,18H,(H,23,25,26). The van der Waals surface area contributed by atoms with E-state index in [1.165, 1.54) is 11.3 Å². The first-order valence-corrected chi connectivity index (χ1v) is 9.28. The monoisotopic (exact) mass is 372 g/mol. The SMILES string of the molecule is O=C(Nc1nnc(C(c2ccccc2)c2ccccc2)s1)c1ccccn1. The van der Waals surface area contributed by atoms with Crippen LogP contribution in [0, 0.1) is 0 Å². The van der Waals surface area contributed by atoms with Crippen LogP contribution in [-0.4, -0.2) is 21.1 Å². The average molecular weight is 372 g/mol. The van der Waals surface area contributed by atoms with Crippen LogP contribution < -0.4 is 5.32 Å². The number of benzene rings is 2. The zero-order valence-corrected chi connectivity index (χ0v) is 15.1. The first-order chi connectivity index (χ1) is 13.3. The van der Waals surface area contributed by atoms with Crippen LogP contribution in [0.1, 0.15) is 32.5 Å². The highest BCUT2D eigenvalue weighted by Crippen LogP contribution is 2.34. The van der Waals surface area contributed by atoms with Crippen molar-refractivity contribution in [3.05, 3.63) is 107 Å². The maximum absolute atomic E-state index is 12.3. The van der Waals surface area contributed by atoms with Gasteiger partial charge in [-0.3, -0.25) is 15.1 Å². The van der Waals surface area contributed by atoms with Crippen LogP contribution in [0.2, 0.25) is 0 Å². The maximum atomic E-state index is 12.3. The molecular formula is C21H16N4OS. The van der Waals surface area contributed by atoms with Gasteiger partial charge in [-0.15, -0.1) is 10.2 Å². The highest BCUT2D eigenvalue weighted by Gasteiger charge is 2.21. The quantitative estimate of drug-likeness (QED) is 0.565. The lowest BCUT2D eigenvalue weighted by Gasteiger charge is -2.14. The van der Waals surface area contributed by atoms with E-state index in [2.05, 4.69) is 44.8 Å². The molecule has 0 atom stereocenters. The van der Waals surface area contributed by atoms with E-state index in [1.54, 1.807) is 24.4 Å². The predicted molar refractivity (Wildman–Crippen MR) is 106 cm³/mol. The third-order valence-electron chi connectivity index (χ3n) is 4.07. The summed E-state index contributed by atoms with van der Waals surface area (Å²) in [6.07, 6.45) is 1.58. The highest BCUT2D eigenvalue weighted by molar-refractivity contribution is 7.15. The minimum atomic E-state index is -0.297. The summed E-state index contributed by atoms with van der Waals surface area (Å²) in [5.74, 6) is -0.334. The van der Waals surface area contributed by atoms with Crippen molar-refractivity contribution in [2.45, 2.75) is 5.92 Å². The second-order valence-electron chi connectivity index (χ2n) is 5.87. The number of carbonyl (C=O) groups excluding carboxylic acids is 1. The first-order valence-electron chi connectivity index (χ1n) is 8.47. The topological polar surface area (TPSA) is 67.8 Å². The third-order valence-corrected chi connectivity index (χ3v) is 4.97. The molecule has 5 nitrogen and oxygen atoms in total. The molecule has 132 valence electrons. The summed E-state index contributed by atoms with van der Waals surface area (Å²) in [7, 11) is 0. The average Bonchev–Trinajstić information content (AvgIpc) is 3.18. The molecule has 0 saturated heterocycles. The van der Waals surface area contributed by atoms with Gasteiger partial charge in [0.1, 0.15) is 10.7 Å². The van der Waals surface area contributed by atoms with Crippen LogP contribution in [-0.2, 0) is 0 Å². The van der Waals surface area contributed by atoms with Crippen LogP contribution in [0.5, 0.6) is 0 Å². The molecule has 0 spiro atoms. The molecule has 0 saturated carbocycles.